The fourth-order valence-electron chi connectivity index (χ4n) is 4.14. The molecule has 0 radical (unpaired) electrons. The lowest BCUT2D eigenvalue weighted by Gasteiger charge is -2.39. The molecule has 3 N–H and O–H groups in total. The average Bonchev–Trinajstić information content (AvgIpc) is 3.48. The van der Waals surface area contributed by atoms with Gasteiger partial charge in [0.05, 0.1) is 42.3 Å². The first kappa shape index (κ1) is 25.1. The smallest absolute Gasteiger partial charge is 0.395 e. The summed E-state index contributed by atoms with van der Waals surface area (Å²) in [7, 11) is 0. The van der Waals surface area contributed by atoms with Crippen molar-refractivity contribution in [2.75, 3.05) is 31.6 Å². The zero-order valence-electron chi connectivity index (χ0n) is 19.7. The van der Waals surface area contributed by atoms with Gasteiger partial charge in [0.2, 0.25) is 0 Å². The Morgan fingerprint density at radius 1 is 1.19 bits per heavy atom. The van der Waals surface area contributed by atoms with Gasteiger partial charge in [0.1, 0.15) is 11.2 Å². The van der Waals surface area contributed by atoms with Crippen molar-refractivity contribution >= 4 is 39.1 Å². The van der Waals surface area contributed by atoms with Crippen LogP contribution in [0, 0.1) is 0 Å². The van der Waals surface area contributed by atoms with Gasteiger partial charge >= 0.3 is 6.18 Å². The number of hydrogen-bond acceptors (Lipinski definition) is 8. The van der Waals surface area contributed by atoms with Gasteiger partial charge in [0, 0.05) is 36.4 Å². The first-order chi connectivity index (χ1) is 17.7. The van der Waals surface area contributed by atoms with Crippen molar-refractivity contribution in [3.63, 3.8) is 0 Å². The highest BCUT2D eigenvalue weighted by molar-refractivity contribution is 7.15. The SMILES string of the molecule is C[C@@H](NC(=O)c1cc2c(cn1)ncn2C1CN(CCO)C1)c1cnc(Nc2ccc(C(F)(F)F)cc2)s1. The lowest BCUT2D eigenvalue weighted by Crippen LogP contribution is -2.48. The maximum Gasteiger partial charge on any atom is 0.416 e. The molecule has 4 aromatic rings. The number of nitrogens with zero attached hydrogens (tertiary/aromatic N) is 5. The number of carbonyl (C=O) groups excluding carboxylic acids is 1. The van der Waals surface area contributed by atoms with Crippen LogP contribution in [0.2, 0.25) is 0 Å². The third kappa shape index (κ3) is 5.43. The summed E-state index contributed by atoms with van der Waals surface area (Å²) in [5.74, 6) is -0.344. The summed E-state index contributed by atoms with van der Waals surface area (Å²) in [6.07, 6.45) is 0.551. The largest absolute Gasteiger partial charge is 0.416 e. The van der Waals surface area contributed by atoms with Crippen LogP contribution in [-0.4, -0.2) is 61.7 Å². The van der Waals surface area contributed by atoms with Crippen molar-refractivity contribution in [3.8, 4) is 0 Å². The number of thiazole rings is 1. The number of nitrogens with one attached hydrogen (secondary N) is 2. The standard InChI is InChI=1S/C24H24F3N7O2S/c1-14(21-10-29-23(37-21)32-16-4-2-15(3-5-16)24(25,26)27)31-22(36)18-8-20-19(9-28-18)30-13-34(20)17-11-33(12-17)6-7-35/h2-5,8-10,13-14,17,35H,6-7,11-12H2,1H3,(H,29,32)(H,31,36)/t14-/m1/s1. The summed E-state index contributed by atoms with van der Waals surface area (Å²) in [6.45, 7) is 4.19. The van der Waals surface area contributed by atoms with Crippen LogP contribution in [-0.2, 0) is 6.18 Å². The molecule has 0 aliphatic carbocycles. The second-order valence-electron chi connectivity index (χ2n) is 8.81. The van der Waals surface area contributed by atoms with Crippen molar-refractivity contribution in [1.29, 1.82) is 0 Å². The predicted molar refractivity (Wildman–Crippen MR) is 133 cm³/mol. The lowest BCUT2D eigenvalue weighted by atomic mass is 10.1. The van der Waals surface area contributed by atoms with Gasteiger partial charge in [-0.15, -0.1) is 0 Å². The molecule has 3 aromatic heterocycles. The number of imidazole rings is 1. The van der Waals surface area contributed by atoms with Gasteiger partial charge in [-0.3, -0.25) is 9.69 Å². The van der Waals surface area contributed by atoms with E-state index < -0.39 is 11.7 Å². The van der Waals surface area contributed by atoms with Crippen LogP contribution in [0.4, 0.5) is 24.0 Å². The Kier molecular flexibility index (Phi) is 6.84. The molecular weight excluding hydrogens is 507 g/mol. The number of pyridine rings is 1. The molecule has 194 valence electrons. The highest BCUT2D eigenvalue weighted by Crippen LogP contribution is 2.32. The molecule has 0 unspecified atom stereocenters. The Balaban J connectivity index is 1.23. The van der Waals surface area contributed by atoms with E-state index in [2.05, 4.69) is 30.5 Å². The molecule has 9 nitrogen and oxygen atoms in total. The number of aliphatic hydroxyl groups excluding tert-OH is 1. The fourth-order valence-corrected chi connectivity index (χ4v) is 4.98. The molecule has 1 aliphatic heterocycles. The zero-order chi connectivity index (χ0) is 26.2. The molecule has 0 saturated carbocycles. The number of amides is 1. The summed E-state index contributed by atoms with van der Waals surface area (Å²) >= 11 is 1.29. The minimum absolute atomic E-state index is 0.121. The number of likely N-dealkylation sites (tertiary alicyclic amines) is 1. The van der Waals surface area contributed by atoms with Crippen LogP contribution < -0.4 is 10.6 Å². The van der Waals surface area contributed by atoms with Crippen molar-refractivity contribution in [1.82, 2.24) is 29.7 Å². The van der Waals surface area contributed by atoms with E-state index in [9.17, 15) is 18.0 Å². The molecule has 1 aliphatic rings. The molecule has 1 amide bonds. The predicted octanol–water partition coefficient (Wildman–Crippen LogP) is 3.99. The average molecular weight is 532 g/mol. The summed E-state index contributed by atoms with van der Waals surface area (Å²) in [4.78, 5) is 28.8. The molecule has 5 rings (SSSR count). The quantitative estimate of drug-likeness (QED) is 0.316. The van der Waals surface area contributed by atoms with Gasteiger partial charge in [0.15, 0.2) is 5.13 Å². The monoisotopic (exact) mass is 531 g/mol. The van der Waals surface area contributed by atoms with Crippen molar-refractivity contribution in [3.05, 3.63) is 65.2 Å². The van der Waals surface area contributed by atoms with Gasteiger partial charge in [-0.25, -0.2) is 15.0 Å². The number of benzene rings is 1. The number of halogens is 3. The number of β-amino-alcohol motifs (C(OH)–C–C–N with tert-alkyl or cyclic N) is 1. The van der Waals surface area contributed by atoms with Crippen molar-refractivity contribution < 1.29 is 23.1 Å². The van der Waals surface area contributed by atoms with E-state index in [1.807, 2.05) is 11.5 Å². The Morgan fingerprint density at radius 2 is 1.95 bits per heavy atom. The maximum atomic E-state index is 12.9. The van der Waals surface area contributed by atoms with E-state index in [1.165, 1.54) is 23.5 Å². The van der Waals surface area contributed by atoms with E-state index in [0.717, 1.165) is 35.6 Å². The molecule has 13 heteroatoms. The molecule has 1 aromatic carbocycles. The third-order valence-corrected chi connectivity index (χ3v) is 7.30. The minimum atomic E-state index is -4.39. The van der Waals surface area contributed by atoms with Gasteiger partial charge in [0.25, 0.3) is 5.91 Å². The van der Waals surface area contributed by atoms with Crippen LogP contribution in [0.3, 0.4) is 0 Å². The van der Waals surface area contributed by atoms with E-state index in [4.69, 9.17) is 5.11 Å². The molecule has 0 spiro atoms. The normalized spacial score (nSPS) is 15.5. The molecular formula is C24H24F3N7O2S. The summed E-state index contributed by atoms with van der Waals surface area (Å²) in [6, 6.07) is 6.28. The molecule has 1 fully saturated rings. The molecule has 0 bridgehead atoms. The second-order valence-corrected chi connectivity index (χ2v) is 9.87. The number of rotatable bonds is 8. The van der Waals surface area contributed by atoms with E-state index in [-0.39, 0.29) is 30.3 Å². The fraction of sp³-hybridized carbons (Fsp3) is 0.333. The summed E-state index contributed by atoms with van der Waals surface area (Å²) in [5.41, 5.74) is 1.54. The number of fused-ring (bicyclic) bond motifs is 1. The van der Waals surface area contributed by atoms with Gasteiger partial charge in [-0.1, -0.05) is 11.3 Å². The first-order valence-electron chi connectivity index (χ1n) is 11.6. The molecule has 37 heavy (non-hydrogen) atoms. The van der Waals surface area contributed by atoms with E-state index >= 15 is 0 Å². The van der Waals surface area contributed by atoms with E-state index in [0.29, 0.717) is 22.9 Å². The molecule has 1 atom stereocenters. The molecule has 1 saturated heterocycles. The Morgan fingerprint density at radius 3 is 2.65 bits per heavy atom. The number of aromatic nitrogens is 4. The highest BCUT2D eigenvalue weighted by atomic mass is 32.1. The zero-order valence-corrected chi connectivity index (χ0v) is 20.6. The van der Waals surface area contributed by atoms with Crippen molar-refractivity contribution in [2.45, 2.75) is 25.2 Å². The van der Waals surface area contributed by atoms with Crippen LogP contribution in [0.5, 0.6) is 0 Å². The van der Waals surface area contributed by atoms with Crippen LogP contribution in [0.15, 0.2) is 49.1 Å². The second kappa shape index (κ2) is 10.1. The van der Waals surface area contributed by atoms with Crippen molar-refractivity contribution in [2.24, 2.45) is 0 Å². The topological polar surface area (TPSA) is 108 Å². The number of anilines is 2. The highest BCUT2D eigenvalue weighted by Gasteiger charge is 2.30. The van der Waals surface area contributed by atoms with Crippen LogP contribution >= 0.6 is 11.3 Å². The Hall–Kier alpha value is -3.55. The molecule has 4 heterocycles. The maximum absolute atomic E-state index is 12.9. The third-order valence-electron chi connectivity index (χ3n) is 6.20. The number of hydrogen-bond donors (Lipinski definition) is 3. The minimum Gasteiger partial charge on any atom is -0.395 e. The van der Waals surface area contributed by atoms with Crippen LogP contribution in [0.1, 0.15) is 39.9 Å². The van der Waals surface area contributed by atoms with E-state index in [1.54, 1.807) is 24.8 Å². The number of alkyl halides is 3. The van der Waals surface area contributed by atoms with Crippen LogP contribution in [0.25, 0.3) is 11.0 Å². The Labute approximate surface area is 214 Å². The first-order valence-corrected chi connectivity index (χ1v) is 12.4. The summed E-state index contributed by atoms with van der Waals surface area (Å²) < 4.78 is 40.3. The van der Waals surface area contributed by atoms with Gasteiger partial charge < -0.3 is 20.3 Å². The summed E-state index contributed by atoms with van der Waals surface area (Å²) in [5, 5.41) is 15.5. The van der Waals surface area contributed by atoms with Gasteiger partial charge in [-0.05, 0) is 37.3 Å². The number of aliphatic hydroxyl groups is 1. The number of carbonyl (C=O) groups is 1. The Bertz CT molecular complexity index is 1400. The lowest BCUT2D eigenvalue weighted by molar-refractivity contribution is -0.137. The van der Waals surface area contributed by atoms with Gasteiger partial charge in [-0.2, -0.15) is 13.2 Å².